The Morgan fingerprint density at radius 1 is 1.33 bits per heavy atom. The first-order valence-corrected chi connectivity index (χ1v) is 7.87. The Bertz CT molecular complexity index is 380. The van der Waals surface area contributed by atoms with Crippen LogP contribution in [-0.2, 0) is 6.42 Å². The summed E-state index contributed by atoms with van der Waals surface area (Å²) in [7, 11) is 0. The summed E-state index contributed by atoms with van der Waals surface area (Å²) in [6, 6.07) is 8.31. The molecule has 2 rings (SSSR count). The Hall–Kier alpha value is -0.340. The SMILES string of the molecule is CCCC1CCC(O)(Cc2cccc(Br)c2)CC1. The summed E-state index contributed by atoms with van der Waals surface area (Å²) in [5, 5.41) is 10.7. The van der Waals surface area contributed by atoms with E-state index in [1.54, 1.807) is 0 Å². The van der Waals surface area contributed by atoms with Crippen LogP contribution in [0.25, 0.3) is 0 Å². The van der Waals surface area contributed by atoms with Crippen LogP contribution in [0.15, 0.2) is 28.7 Å². The largest absolute Gasteiger partial charge is 0.390 e. The maximum absolute atomic E-state index is 10.7. The molecule has 0 atom stereocenters. The second-order valence-corrected chi connectivity index (χ2v) is 6.68. The van der Waals surface area contributed by atoms with Crippen molar-refractivity contribution in [2.24, 2.45) is 5.92 Å². The van der Waals surface area contributed by atoms with Gasteiger partial charge in [-0.05, 0) is 49.3 Å². The lowest BCUT2D eigenvalue weighted by molar-refractivity contribution is -0.00987. The van der Waals surface area contributed by atoms with E-state index in [0.717, 1.165) is 29.7 Å². The third-order valence-corrected chi connectivity index (χ3v) is 4.65. The maximum atomic E-state index is 10.7. The van der Waals surface area contributed by atoms with Gasteiger partial charge in [0.25, 0.3) is 0 Å². The molecule has 100 valence electrons. The van der Waals surface area contributed by atoms with Crippen molar-refractivity contribution in [1.82, 2.24) is 0 Å². The van der Waals surface area contributed by atoms with Crippen molar-refractivity contribution >= 4 is 15.9 Å². The van der Waals surface area contributed by atoms with Gasteiger partial charge in [0.1, 0.15) is 0 Å². The molecule has 1 aliphatic carbocycles. The highest BCUT2D eigenvalue weighted by molar-refractivity contribution is 9.10. The standard InChI is InChI=1S/C16H23BrO/c1-2-4-13-7-9-16(18,10-8-13)12-14-5-3-6-15(17)11-14/h3,5-6,11,13,18H,2,4,7-10,12H2,1H3. The fourth-order valence-electron chi connectivity index (χ4n) is 3.12. The van der Waals surface area contributed by atoms with E-state index in [1.807, 2.05) is 12.1 Å². The number of aliphatic hydroxyl groups is 1. The Balaban J connectivity index is 1.93. The summed E-state index contributed by atoms with van der Waals surface area (Å²) < 4.78 is 1.10. The van der Waals surface area contributed by atoms with E-state index in [-0.39, 0.29) is 0 Å². The number of rotatable bonds is 4. The maximum Gasteiger partial charge on any atom is 0.0688 e. The Morgan fingerprint density at radius 2 is 2.06 bits per heavy atom. The summed E-state index contributed by atoms with van der Waals surface area (Å²) in [5.74, 6) is 0.845. The highest BCUT2D eigenvalue weighted by atomic mass is 79.9. The minimum absolute atomic E-state index is 0.467. The molecule has 0 saturated heterocycles. The van der Waals surface area contributed by atoms with Gasteiger partial charge in [-0.15, -0.1) is 0 Å². The van der Waals surface area contributed by atoms with E-state index >= 15 is 0 Å². The quantitative estimate of drug-likeness (QED) is 0.853. The van der Waals surface area contributed by atoms with Gasteiger partial charge in [0.2, 0.25) is 0 Å². The fraction of sp³-hybridized carbons (Fsp3) is 0.625. The normalized spacial score (nSPS) is 28.3. The number of halogens is 1. The van der Waals surface area contributed by atoms with E-state index in [4.69, 9.17) is 0 Å². The van der Waals surface area contributed by atoms with E-state index in [9.17, 15) is 5.11 Å². The van der Waals surface area contributed by atoms with E-state index in [0.29, 0.717) is 0 Å². The van der Waals surface area contributed by atoms with Crippen LogP contribution < -0.4 is 0 Å². The van der Waals surface area contributed by atoms with E-state index < -0.39 is 5.60 Å². The van der Waals surface area contributed by atoms with Crippen molar-refractivity contribution in [2.75, 3.05) is 0 Å². The molecule has 1 aromatic rings. The minimum Gasteiger partial charge on any atom is -0.390 e. The molecule has 0 bridgehead atoms. The molecule has 0 spiro atoms. The monoisotopic (exact) mass is 310 g/mol. The molecule has 1 aliphatic rings. The van der Waals surface area contributed by atoms with Crippen molar-refractivity contribution < 1.29 is 5.11 Å². The predicted molar refractivity (Wildman–Crippen MR) is 79.7 cm³/mol. The molecule has 18 heavy (non-hydrogen) atoms. The van der Waals surface area contributed by atoms with Gasteiger partial charge in [-0.2, -0.15) is 0 Å². The van der Waals surface area contributed by atoms with Gasteiger partial charge in [0.15, 0.2) is 0 Å². The third-order valence-electron chi connectivity index (χ3n) is 4.16. The first kappa shape index (κ1) is 14.1. The summed E-state index contributed by atoms with van der Waals surface area (Å²) in [4.78, 5) is 0. The molecule has 1 nitrogen and oxygen atoms in total. The van der Waals surface area contributed by atoms with Gasteiger partial charge in [-0.25, -0.2) is 0 Å². The third kappa shape index (κ3) is 3.83. The van der Waals surface area contributed by atoms with Crippen molar-refractivity contribution in [1.29, 1.82) is 0 Å². The van der Waals surface area contributed by atoms with Crippen molar-refractivity contribution in [2.45, 2.75) is 57.5 Å². The second-order valence-electron chi connectivity index (χ2n) is 5.76. The number of hydrogen-bond donors (Lipinski definition) is 1. The van der Waals surface area contributed by atoms with Gasteiger partial charge in [0.05, 0.1) is 5.60 Å². The van der Waals surface area contributed by atoms with Gasteiger partial charge in [-0.3, -0.25) is 0 Å². The Labute approximate surface area is 119 Å². The van der Waals surface area contributed by atoms with Crippen LogP contribution in [-0.4, -0.2) is 10.7 Å². The van der Waals surface area contributed by atoms with Gasteiger partial charge >= 0.3 is 0 Å². The molecule has 0 amide bonds. The molecule has 0 aliphatic heterocycles. The van der Waals surface area contributed by atoms with Crippen molar-refractivity contribution in [3.8, 4) is 0 Å². The zero-order valence-corrected chi connectivity index (χ0v) is 12.7. The zero-order valence-electron chi connectivity index (χ0n) is 11.2. The van der Waals surface area contributed by atoms with Crippen LogP contribution in [0, 0.1) is 5.92 Å². The molecule has 0 heterocycles. The number of benzene rings is 1. The van der Waals surface area contributed by atoms with Crippen LogP contribution in [0.2, 0.25) is 0 Å². The molecule has 0 aromatic heterocycles. The minimum atomic E-state index is -0.467. The lowest BCUT2D eigenvalue weighted by atomic mass is 9.75. The first-order chi connectivity index (χ1) is 8.61. The molecule has 2 heteroatoms. The smallest absolute Gasteiger partial charge is 0.0688 e. The molecular weight excluding hydrogens is 288 g/mol. The molecule has 1 N–H and O–H groups in total. The van der Waals surface area contributed by atoms with Crippen molar-refractivity contribution in [3.63, 3.8) is 0 Å². The average Bonchev–Trinajstić information content (AvgIpc) is 2.32. The van der Waals surface area contributed by atoms with Crippen molar-refractivity contribution in [3.05, 3.63) is 34.3 Å². The Kier molecular flexibility index (Phi) is 4.85. The fourth-order valence-corrected chi connectivity index (χ4v) is 3.56. The second kappa shape index (κ2) is 6.21. The zero-order chi connectivity index (χ0) is 13.0. The van der Waals surface area contributed by atoms with Crippen LogP contribution >= 0.6 is 15.9 Å². The molecule has 1 saturated carbocycles. The highest BCUT2D eigenvalue weighted by Crippen LogP contribution is 2.36. The van der Waals surface area contributed by atoms with Gasteiger partial charge < -0.3 is 5.11 Å². The van der Waals surface area contributed by atoms with Crippen LogP contribution in [0.5, 0.6) is 0 Å². The first-order valence-electron chi connectivity index (χ1n) is 7.08. The molecule has 0 radical (unpaired) electrons. The summed E-state index contributed by atoms with van der Waals surface area (Å²) in [5.41, 5.74) is 0.770. The van der Waals surface area contributed by atoms with Crippen LogP contribution in [0.4, 0.5) is 0 Å². The predicted octanol–water partition coefficient (Wildman–Crippen LogP) is 4.71. The Morgan fingerprint density at radius 3 is 2.67 bits per heavy atom. The molecule has 1 aromatic carbocycles. The molecule has 0 unspecified atom stereocenters. The van der Waals surface area contributed by atoms with E-state index in [2.05, 4.69) is 35.0 Å². The lowest BCUT2D eigenvalue weighted by Gasteiger charge is -2.36. The van der Waals surface area contributed by atoms with Crippen LogP contribution in [0.3, 0.4) is 0 Å². The summed E-state index contributed by atoms with van der Waals surface area (Å²) >= 11 is 3.49. The lowest BCUT2D eigenvalue weighted by Crippen LogP contribution is -2.36. The molecular formula is C16H23BrO. The van der Waals surface area contributed by atoms with Gasteiger partial charge in [-0.1, -0.05) is 47.8 Å². The van der Waals surface area contributed by atoms with Crippen LogP contribution in [0.1, 0.15) is 51.0 Å². The average molecular weight is 311 g/mol. The summed E-state index contributed by atoms with van der Waals surface area (Å²) in [6.45, 7) is 2.25. The summed E-state index contributed by atoms with van der Waals surface area (Å²) in [6.07, 6.45) is 7.71. The van der Waals surface area contributed by atoms with E-state index in [1.165, 1.54) is 31.2 Å². The topological polar surface area (TPSA) is 20.2 Å². The number of hydrogen-bond acceptors (Lipinski definition) is 1. The molecule has 1 fully saturated rings. The van der Waals surface area contributed by atoms with Gasteiger partial charge in [0, 0.05) is 10.9 Å². The highest BCUT2D eigenvalue weighted by Gasteiger charge is 2.32.